The van der Waals surface area contributed by atoms with Crippen molar-refractivity contribution in [2.75, 3.05) is 19.7 Å². The maximum Gasteiger partial charge on any atom is 0.410 e. The lowest BCUT2D eigenvalue weighted by Gasteiger charge is -2.22. The van der Waals surface area contributed by atoms with Gasteiger partial charge in [0.05, 0.1) is 0 Å². The lowest BCUT2D eigenvalue weighted by molar-refractivity contribution is 0.119. The second kappa shape index (κ2) is 4.69. The quantitative estimate of drug-likeness (QED) is 0.654. The second-order valence-electron chi connectivity index (χ2n) is 4.58. The summed E-state index contributed by atoms with van der Waals surface area (Å²) in [7, 11) is 0. The van der Waals surface area contributed by atoms with E-state index in [1.54, 1.807) is 6.08 Å². The molecular weight excluding hydrogens is 190 g/mol. The van der Waals surface area contributed by atoms with Gasteiger partial charge < -0.3 is 9.64 Å². The summed E-state index contributed by atoms with van der Waals surface area (Å²) in [5, 5.41) is 0. The molecule has 0 radical (unpaired) electrons. The van der Waals surface area contributed by atoms with Gasteiger partial charge in [0.1, 0.15) is 6.61 Å². The number of nitrogens with zero attached hydrogens (tertiary/aromatic N) is 1. The molecule has 1 saturated heterocycles. The van der Waals surface area contributed by atoms with Crippen molar-refractivity contribution in [2.45, 2.75) is 25.7 Å². The van der Waals surface area contributed by atoms with Crippen molar-refractivity contribution in [2.24, 2.45) is 11.8 Å². The Morgan fingerprint density at radius 3 is 2.47 bits per heavy atom. The van der Waals surface area contributed by atoms with Crippen LogP contribution in [0.4, 0.5) is 4.79 Å². The van der Waals surface area contributed by atoms with E-state index in [-0.39, 0.29) is 6.09 Å². The van der Waals surface area contributed by atoms with Gasteiger partial charge in [-0.2, -0.15) is 0 Å². The lowest BCUT2D eigenvalue weighted by atomic mass is 9.82. The Balaban J connectivity index is 1.85. The van der Waals surface area contributed by atoms with Crippen LogP contribution in [0, 0.1) is 11.8 Å². The van der Waals surface area contributed by atoms with Gasteiger partial charge in [0.2, 0.25) is 0 Å². The van der Waals surface area contributed by atoms with Gasteiger partial charge in [0.25, 0.3) is 0 Å². The molecule has 3 nitrogen and oxygen atoms in total. The number of hydrogen-bond acceptors (Lipinski definition) is 2. The maximum absolute atomic E-state index is 11.6. The van der Waals surface area contributed by atoms with Crippen LogP contribution < -0.4 is 0 Å². The molecule has 1 heterocycles. The number of rotatable bonds is 2. The first-order valence-electron chi connectivity index (χ1n) is 5.84. The van der Waals surface area contributed by atoms with Crippen molar-refractivity contribution in [1.82, 2.24) is 4.90 Å². The standard InChI is InChI=1S/C12H19NO2/c1-2-7-15-12(14)13-8-10-5-3-4-6-11(10)9-13/h2,10-11H,1,3-9H2. The van der Waals surface area contributed by atoms with E-state index < -0.39 is 0 Å². The summed E-state index contributed by atoms with van der Waals surface area (Å²) in [6.45, 7) is 5.67. The molecule has 1 saturated carbocycles. The van der Waals surface area contributed by atoms with Gasteiger partial charge >= 0.3 is 6.09 Å². The molecule has 1 aliphatic carbocycles. The Kier molecular flexibility index (Phi) is 3.29. The summed E-state index contributed by atoms with van der Waals surface area (Å²) in [4.78, 5) is 13.5. The Bertz CT molecular complexity index is 238. The van der Waals surface area contributed by atoms with Gasteiger partial charge in [-0.05, 0) is 24.7 Å². The zero-order valence-corrected chi connectivity index (χ0v) is 9.15. The largest absolute Gasteiger partial charge is 0.445 e. The molecule has 2 rings (SSSR count). The van der Waals surface area contributed by atoms with Crippen molar-refractivity contribution in [3.63, 3.8) is 0 Å². The first kappa shape index (κ1) is 10.5. The molecule has 0 aromatic heterocycles. The highest BCUT2D eigenvalue weighted by atomic mass is 16.6. The van der Waals surface area contributed by atoms with Gasteiger partial charge in [-0.3, -0.25) is 0 Å². The van der Waals surface area contributed by atoms with Crippen LogP contribution in [-0.4, -0.2) is 30.7 Å². The fraction of sp³-hybridized carbons (Fsp3) is 0.750. The first-order valence-corrected chi connectivity index (χ1v) is 5.84. The molecule has 0 N–H and O–H groups in total. The average Bonchev–Trinajstić information content (AvgIpc) is 2.69. The second-order valence-corrected chi connectivity index (χ2v) is 4.58. The predicted molar refractivity (Wildman–Crippen MR) is 58.6 cm³/mol. The minimum Gasteiger partial charge on any atom is -0.445 e. The van der Waals surface area contributed by atoms with Crippen LogP contribution in [-0.2, 0) is 4.74 Å². The number of amides is 1. The van der Waals surface area contributed by atoms with Gasteiger partial charge in [-0.15, -0.1) is 0 Å². The highest BCUT2D eigenvalue weighted by molar-refractivity contribution is 5.68. The summed E-state index contributed by atoms with van der Waals surface area (Å²) in [5.41, 5.74) is 0. The molecule has 1 aliphatic heterocycles. The molecule has 2 atom stereocenters. The van der Waals surface area contributed by atoms with Gasteiger partial charge in [-0.1, -0.05) is 25.5 Å². The molecule has 0 spiro atoms. The lowest BCUT2D eigenvalue weighted by Crippen LogP contribution is -2.29. The van der Waals surface area contributed by atoms with Crippen molar-refractivity contribution in [3.8, 4) is 0 Å². The Morgan fingerprint density at radius 1 is 1.33 bits per heavy atom. The van der Waals surface area contributed by atoms with E-state index in [1.165, 1.54) is 25.7 Å². The average molecular weight is 209 g/mol. The summed E-state index contributed by atoms with van der Waals surface area (Å²) < 4.78 is 5.05. The van der Waals surface area contributed by atoms with Crippen molar-refractivity contribution in [1.29, 1.82) is 0 Å². The van der Waals surface area contributed by atoms with Crippen LogP contribution in [0.2, 0.25) is 0 Å². The van der Waals surface area contributed by atoms with Crippen LogP contribution in [0.3, 0.4) is 0 Å². The molecule has 15 heavy (non-hydrogen) atoms. The molecule has 0 aromatic carbocycles. The summed E-state index contributed by atoms with van der Waals surface area (Å²) in [5.74, 6) is 1.46. The van der Waals surface area contributed by atoms with Crippen LogP contribution in [0.1, 0.15) is 25.7 Å². The molecule has 3 heteroatoms. The summed E-state index contributed by atoms with van der Waals surface area (Å²) in [6.07, 6.45) is 6.68. The van der Waals surface area contributed by atoms with E-state index >= 15 is 0 Å². The number of carbonyl (C=O) groups is 1. The minimum atomic E-state index is -0.163. The highest BCUT2D eigenvalue weighted by Gasteiger charge is 2.36. The number of likely N-dealkylation sites (tertiary alicyclic amines) is 1. The smallest absolute Gasteiger partial charge is 0.410 e. The molecule has 1 amide bonds. The van der Waals surface area contributed by atoms with Crippen molar-refractivity contribution >= 4 is 6.09 Å². The van der Waals surface area contributed by atoms with Crippen molar-refractivity contribution in [3.05, 3.63) is 12.7 Å². The fourth-order valence-electron chi connectivity index (χ4n) is 2.78. The van der Waals surface area contributed by atoms with Crippen LogP contribution in [0.15, 0.2) is 12.7 Å². The van der Waals surface area contributed by atoms with Gasteiger partial charge in [0, 0.05) is 13.1 Å². The Morgan fingerprint density at radius 2 is 1.93 bits per heavy atom. The maximum atomic E-state index is 11.6. The topological polar surface area (TPSA) is 29.5 Å². The number of carbonyl (C=O) groups excluding carboxylic acids is 1. The zero-order valence-electron chi connectivity index (χ0n) is 9.15. The zero-order chi connectivity index (χ0) is 10.7. The molecule has 0 bridgehead atoms. The van der Waals surface area contributed by atoms with Crippen molar-refractivity contribution < 1.29 is 9.53 Å². The number of hydrogen-bond donors (Lipinski definition) is 0. The third-order valence-electron chi connectivity index (χ3n) is 3.56. The van der Waals surface area contributed by atoms with Gasteiger partial charge in [0.15, 0.2) is 0 Å². The van der Waals surface area contributed by atoms with E-state index in [2.05, 4.69) is 6.58 Å². The van der Waals surface area contributed by atoms with E-state index in [4.69, 9.17) is 4.74 Å². The summed E-state index contributed by atoms with van der Waals surface area (Å²) in [6, 6.07) is 0. The van der Waals surface area contributed by atoms with Crippen LogP contribution in [0.25, 0.3) is 0 Å². The van der Waals surface area contributed by atoms with E-state index in [0.717, 1.165) is 24.9 Å². The molecular formula is C12H19NO2. The van der Waals surface area contributed by atoms with E-state index in [1.807, 2.05) is 4.90 Å². The van der Waals surface area contributed by atoms with Gasteiger partial charge in [-0.25, -0.2) is 4.79 Å². The van der Waals surface area contributed by atoms with Crippen LogP contribution in [0.5, 0.6) is 0 Å². The van der Waals surface area contributed by atoms with Crippen LogP contribution >= 0.6 is 0 Å². The Hall–Kier alpha value is -0.990. The monoisotopic (exact) mass is 209 g/mol. The Labute approximate surface area is 91.1 Å². The predicted octanol–water partition coefficient (Wildman–Crippen LogP) is 2.43. The SMILES string of the molecule is C=CCOC(=O)N1CC2CCCCC2C1. The normalized spacial score (nSPS) is 29.7. The molecule has 2 unspecified atom stereocenters. The van der Waals surface area contributed by atoms with E-state index in [0.29, 0.717) is 6.61 Å². The highest BCUT2D eigenvalue weighted by Crippen LogP contribution is 2.36. The fourth-order valence-corrected chi connectivity index (χ4v) is 2.78. The third-order valence-corrected chi connectivity index (χ3v) is 3.56. The first-order chi connectivity index (χ1) is 7.31. The molecule has 2 aliphatic rings. The van der Waals surface area contributed by atoms with E-state index in [9.17, 15) is 4.79 Å². The number of fused-ring (bicyclic) bond motifs is 1. The third kappa shape index (κ3) is 2.33. The summed E-state index contributed by atoms with van der Waals surface area (Å²) >= 11 is 0. The number of ether oxygens (including phenoxy) is 1. The molecule has 0 aromatic rings. The molecule has 84 valence electrons. The molecule has 2 fully saturated rings. The minimum absolute atomic E-state index is 0.163.